The normalized spacial score (nSPS) is 17.9. The lowest BCUT2D eigenvalue weighted by molar-refractivity contribution is -0.143. The Morgan fingerprint density at radius 2 is 1.51 bits per heavy atom. The fraction of sp³-hybridized carbons (Fsp3) is 0.621. The molecule has 7 amide bonds. The number of nitrogens with two attached hydrogens (primary N) is 3. The maximum atomic E-state index is 13.4. The van der Waals surface area contributed by atoms with Gasteiger partial charge in [0.2, 0.25) is 41.4 Å². The smallest absolute Gasteiger partial charge is 0.326 e. The number of aliphatic hydroxyl groups excluding tert-OH is 1. The molecule has 49 heavy (non-hydrogen) atoms. The molecular weight excluding hydrogens is 648 g/mol. The van der Waals surface area contributed by atoms with Gasteiger partial charge in [-0.2, -0.15) is 0 Å². The van der Waals surface area contributed by atoms with Gasteiger partial charge >= 0.3 is 5.97 Å². The second-order valence-corrected chi connectivity index (χ2v) is 12.3. The molecule has 2 rings (SSSR count). The van der Waals surface area contributed by atoms with Crippen molar-refractivity contribution >= 4 is 47.3 Å². The van der Waals surface area contributed by atoms with Crippen molar-refractivity contribution in [2.75, 3.05) is 6.54 Å². The van der Waals surface area contributed by atoms with Gasteiger partial charge in [0.15, 0.2) is 0 Å². The summed E-state index contributed by atoms with van der Waals surface area (Å²) in [5.41, 5.74) is 16.6. The molecule has 20 nitrogen and oxygen atoms in total. The number of nitrogens with one attached hydrogen (secondary N) is 5. The Morgan fingerprint density at radius 3 is 2.04 bits per heavy atom. The van der Waals surface area contributed by atoms with E-state index in [2.05, 4.69) is 31.2 Å². The molecular formula is C29H46N10O10. The van der Waals surface area contributed by atoms with Crippen molar-refractivity contribution < 1.29 is 48.6 Å². The molecule has 0 saturated carbocycles. The highest BCUT2D eigenvalue weighted by atomic mass is 16.4. The predicted molar refractivity (Wildman–Crippen MR) is 169 cm³/mol. The van der Waals surface area contributed by atoms with Crippen molar-refractivity contribution in [2.24, 2.45) is 23.1 Å². The van der Waals surface area contributed by atoms with Crippen LogP contribution in [0.1, 0.15) is 58.6 Å². The molecule has 0 spiro atoms. The number of carboxylic acid groups (broad SMARTS) is 1. The van der Waals surface area contributed by atoms with E-state index >= 15 is 0 Å². The summed E-state index contributed by atoms with van der Waals surface area (Å²) < 4.78 is 0. The molecule has 272 valence electrons. The number of imidazole rings is 1. The second kappa shape index (κ2) is 18.4. The van der Waals surface area contributed by atoms with Crippen molar-refractivity contribution in [1.82, 2.24) is 36.1 Å². The van der Waals surface area contributed by atoms with Crippen LogP contribution >= 0.6 is 0 Å². The number of likely N-dealkylation sites (tertiary alicyclic amines) is 1. The summed E-state index contributed by atoms with van der Waals surface area (Å²) in [7, 11) is 0. The largest absolute Gasteiger partial charge is 0.480 e. The lowest BCUT2D eigenvalue weighted by Crippen LogP contribution is -2.61. The van der Waals surface area contributed by atoms with E-state index in [-0.39, 0.29) is 31.7 Å². The van der Waals surface area contributed by atoms with E-state index in [4.69, 9.17) is 17.2 Å². The third-order valence-corrected chi connectivity index (χ3v) is 7.61. The quantitative estimate of drug-likeness (QED) is 0.0655. The molecule has 20 heteroatoms. The van der Waals surface area contributed by atoms with Gasteiger partial charge in [-0.15, -0.1) is 0 Å². The van der Waals surface area contributed by atoms with Crippen LogP contribution in [0.2, 0.25) is 0 Å². The summed E-state index contributed by atoms with van der Waals surface area (Å²) in [5.74, 6) is -7.86. The number of aliphatic carboxylic acids is 1. The number of nitrogens with zero attached hydrogens (tertiary/aromatic N) is 2. The number of carbonyl (C=O) groups excluding carboxylic acids is 7. The molecule has 1 aromatic heterocycles. The minimum absolute atomic E-state index is 0.0390. The van der Waals surface area contributed by atoms with E-state index in [0.29, 0.717) is 12.1 Å². The monoisotopic (exact) mass is 694 g/mol. The zero-order valence-corrected chi connectivity index (χ0v) is 27.5. The number of hydrogen-bond donors (Lipinski definition) is 10. The van der Waals surface area contributed by atoms with Crippen LogP contribution in [0.3, 0.4) is 0 Å². The van der Waals surface area contributed by atoms with Gasteiger partial charge in [-0.1, -0.05) is 13.8 Å². The number of amides is 7. The van der Waals surface area contributed by atoms with E-state index in [1.807, 2.05) is 0 Å². The number of aliphatic hydroxyl groups is 1. The highest BCUT2D eigenvalue weighted by Gasteiger charge is 2.39. The summed E-state index contributed by atoms with van der Waals surface area (Å²) in [6, 6.07) is -8.43. The molecule has 7 atom stereocenters. The Morgan fingerprint density at radius 1 is 0.918 bits per heavy atom. The van der Waals surface area contributed by atoms with Crippen LogP contribution in [0.5, 0.6) is 0 Å². The molecule has 0 unspecified atom stereocenters. The molecule has 0 aromatic carbocycles. The molecule has 1 fully saturated rings. The first-order valence-electron chi connectivity index (χ1n) is 15.6. The average Bonchev–Trinajstić information content (AvgIpc) is 3.70. The molecule has 1 saturated heterocycles. The van der Waals surface area contributed by atoms with Crippen LogP contribution in [-0.2, 0) is 44.8 Å². The van der Waals surface area contributed by atoms with Gasteiger partial charge in [0.25, 0.3) is 0 Å². The van der Waals surface area contributed by atoms with Crippen LogP contribution in [-0.4, -0.2) is 121 Å². The molecule has 0 radical (unpaired) electrons. The third kappa shape index (κ3) is 12.5. The standard InChI is InChI=1S/C29H46N10O10/c1-13(2)7-17(24(43)37-19(29(48)49)8-15-11-33-12-34-15)35-25(44)18(10-22(32)42)36-27(46)23(14(3)40)38-26(45)20-5-4-6-39(20)28(47)16(30)9-21(31)41/h11-14,16-20,23,40H,4-10,30H2,1-3H3,(H2,31,41)(H2,32,42)(H,33,34)(H,35,44)(H,36,46)(H,37,43)(H,38,45)(H,48,49)/t14-,16+,17+,18+,19+,20+,23+/m1/s1. The van der Waals surface area contributed by atoms with Crippen molar-refractivity contribution in [3.63, 3.8) is 0 Å². The van der Waals surface area contributed by atoms with Crippen LogP contribution in [0.15, 0.2) is 12.5 Å². The summed E-state index contributed by atoms with van der Waals surface area (Å²) in [6.07, 6.45) is 0.498. The Labute approximate surface area is 281 Å². The first-order valence-corrected chi connectivity index (χ1v) is 15.6. The zero-order chi connectivity index (χ0) is 37.0. The number of carbonyl (C=O) groups is 8. The number of primary amides is 2. The Bertz CT molecular complexity index is 1370. The lowest BCUT2D eigenvalue weighted by atomic mass is 10.0. The first-order chi connectivity index (χ1) is 22.9. The van der Waals surface area contributed by atoms with Crippen molar-refractivity contribution in [1.29, 1.82) is 0 Å². The Kier molecular flexibility index (Phi) is 15.1. The number of aromatic nitrogens is 2. The second-order valence-electron chi connectivity index (χ2n) is 12.3. The van der Waals surface area contributed by atoms with Gasteiger partial charge in [-0.25, -0.2) is 9.78 Å². The van der Waals surface area contributed by atoms with Crippen molar-refractivity contribution in [3.05, 3.63) is 18.2 Å². The maximum absolute atomic E-state index is 13.4. The third-order valence-electron chi connectivity index (χ3n) is 7.61. The highest BCUT2D eigenvalue weighted by Crippen LogP contribution is 2.19. The van der Waals surface area contributed by atoms with Crippen LogP contribution in [0.4, 0.5) is 0 Å². The highest BCUT2D eigenvalue weighted by molar-refractivity contribution is 5.98. The lowest BCUT2D eigenvalue weighted by Gasteiger charge is -2.29. The van der Waals surface area contributed by atoms with Gasteiger partial charge < -0.3 is 58.6 Å². The molecule has 0 aliphatic carbocycles. The van der Waals surface area contributed by atoms with E-state index in [1.165, 1.54) is 19.4 Å². The molecule has 2 heterocycles. The fourth-order valence-corrected chi connectivity index (χ4v) is 5.21. The minimum atomic E-state index is -1.68. The number of hydrogen-bond acceptors (Lipinski definition) is 11. The van der Waals surface area contributed by atoms with Crippen molar-refractivity contribution in [3.8, 4) is 0 Å². The molecule has 1 aliphatic rings. The maximum Gasteiger partial charge on any atom is 0.326 e. The fourth-order valence-electron chi connectivity index (χ4n) is 5.21. The summed E-state index contributed by atoms with van der Waals surface area (Å²) in [4.78, 5) is 109. The Balaban J connectivity index is 2.19. The molecule has 1 aromatic rings. The van der Waals surface area contributed by atoms with Gasteiger partial charge in [0, 0.05) is 24.9 Å². The zero-order valence-electron chi connectivity index (χ0n) is 27.5. The van der Waals surface area contributed by atoms with Gasteiger partial charge in [0.1, 0.15) is 30.2 Å². The van der Waals surface area contributed by atoms with E-state index < -0.39 is 103 Å². The first kappa shape index (κ1) is 40.1. The molecule has 0 bridgehead atoms. The average molecular weight is 695 g/mol. The number of rotatable bonds is 19. The van der Waals surface area contributed by atoms with Gasteiger partial charge in [-0.3, -0.25) is 33.6 Å². The molecule has 13 N–H and O–H groups in total. The van der Waals surface area contributed by atoms with Gasteiger partial charge in [-0.05, 0) is 32.1 Å². The van der Waals surface area contributed by atoms with Crippen molar-refractivity contribution in [2.45, 2.75) is 102 Å². The van der Waals surface area contributed by atoms with Crippen LogP contribution < -0.4 is 38.5 Å². The van der Waals surface area contributed by atoms with E-state index in [0.717, 1.165) is 4.90 Å². The number of aromatic amines is 1. The predicted octanol–water partition coefficient (Wildman–Crippen LogP) is -4.53. The molecule has 1 aliphatic heterocycles. The number of carboxylic acids is 1. The van der Waals surface area contributed by atoms with E-state index in [9.17, 15) is 48.6 Å². The summed E-state index contributed by atoms with van der Waals surface area (Å²) in [5, 5.41) is 29.5. The van der Waals surface area contributed by atoms with Crippen LogP contribution in [0, 0.1) is 5.92 Å². The Hall–Kier alpha value is -5.11. The summed E-state index contributed by atoms with van der Waals surface area (Å²) in [6.45, 7) is 4.81. The van der Waals surface area contributed by atoms with Crippen LogP contribution in [0.25, 0.3) is 0 Å². The SMILES string of the molecule is CC(C)C[C@H](NC(=O)[C@H](CC(N)=O)NC(=O)[C@@H](NC(=O)[C@@H]1CCCN1C(=O)[C@@H](N)CC(N)=O)[C@@H](C)O)C(=O)N[C@@H](Cc1cnc[nH]1)C(=O)O. The van der Waals surface area contributed by atoms with E-state index in [1.54, 1.807) is 13.8 Å². The summed E-state index contributed by atoms with van der Waals surface area (Å²) >= 11 is 0. The number of H-pyrrole nitrogens is 1. The van der Waals surface area contributed by atoms with Gasteiger partial charge in [0.05, 0.1) is 31.3 Å². The minimum Gasteiger partial charge on any atom is -0.480 e. The topological polar surface area (TPSA) is 335 Å².